The van der Waals surface area contributed by atoms with Crippen molar-refractivity contribution in [1.29, 1.82) is 0 Å². The van der Waals surface area contributed by atoms with Gasteiger partial charge in [0.15, 0.2) is 0 Å². The van der Waals surface area contributed by atoms with E-state index in [-0.39, 0.29) is 22.8 Å². The molecule has 1 aromatic carbocycles. The van der Waals surface area contributed by atoms with Crippen LogP contribution in [0.5, 0.6) is 0 Å². The summed E-state index contributed by atoms with van der Waals surface area (Å²) >= 11 is 2.00. The van der Waals surface area contributed by atoms with Gasteiger partial charge >= 0.3 is 0 Å². The lowest BCUT2D eigenvalue weighted by Crippen LogP contribution is -2.31. The number of aryl methyl sites for hydroxylation is 1. The molecular formula is C19H23FIN3O3S. The Labute approximate surface area is 177 Å². The van der Waals surface area contributed by atoms with Crippen LogP contribution in [0.3, 0.4) is 0 Å². The Hall–Kier alpha value is -1.62. The molecule has 0 amide bonds. The summed E-state index contributed by atoms with van der Waals surface area (Å²) in [6.07, 6.45) is 4.06. The third-order valence-corrected chi connectivity index (χ3v) is 7.55. The van der Waals surface area contributed by atoms with Gasteiger partial charge in [-0.2, -0.15) is 0 Å². The number of pyridine rings is 1. The van der Waals surface area contributed by atoms with Crippen LogP contribution in [0.4, 0.5) is 21.6 Å². The molecule has 1 aromatic heterocycles. The zero-order chi connectivity index (χ0) is 20.5. The fraction of sp³-hybridized carbons (Fsp3) is 0.421. The standard InChI is InChI=1S/C19H23FIN3O3S/c1-12-10-17(23-28(26,27)14-6-4-3-5-7-14)18(24(2)19(12)25)22-16-9-8-13(21)11-15(16)20/h8-11,14,22-23H,3-7H2,1-2H3. The zero-order valence-electron chi connectivity index (χ0n) is 15.8. The molecule has 2 N–H and O–H groups in total. The number of nitrogens with zero attached hydrogens (tertiary/aromatic N) is 1. The maximum absolute atomic E-state index is 14.3. The summed E-state index contributed by atoms with van der Waals surface area (Å²) in [5, 5.41) is 2.43. The van der Waals surface area contributed by atoms with Crippen molar-refractivity contribution in [2.24, 2.45) is 7.05 Å². The van der Waals surface area contributed by atoms with Crippen LogP contribution < -0.4 is 15.6 Å². The molecule has 9 heteroatoms. The van der Waals surface area contributed by atoms with E-state index in [1.807, 2.05) is 22.6 Å². The highest BCUT2D eigenvalue weighted by molar-refractivity contribution is 14.1. The highest BCUT2D eigenvalue weighted by Gasteiger charge is 2.28. The van der Waals surface area contributed by atoms with Gasteiger partial charge < -0.3 is 5.32 Å². The molecule has 0 radical (unpaired) electrons. The maximum Gasteiger partial charge on any atom is 0.254 e. The van der Waals surface area contributed by atoms with E-state index in [1.54, 1.807) is 19.1 Å². The first kappa shape index (κ1) is 21.1. The van der Waals surface area contributed by atoms with Crippen LogP contribution in [0.25, 0.3) is 0 Å². The second kappa shape index (κ2) is 8.40. The van der Waals surface area contributed by atoms with Gasteiger partial charge in [0, 0.05) is 16.2 Å². The second-order valence-electron chi connectivity index (χ2n) is 7.11. The van der Waals surface area contributed by atoms with Gasteiger partial charge in [0.05, 0.1) is 16.6 Å². The minimum Gasteiger partial charge on any atom is -0.337 e. The first-order valence-electron chi connectivity index (χ1n) is 9.13. The highest BCUT2D eigenvalue weighted by Crippen LogP contribution is 2.30. The minimum atomic E-state index is -3.61. The molecule has 3 rings (SSSR count). The van der Waals surface area contributed by atoms with Crippen LogP contribution in [0.2, 0.25) is 0 Å². The summed E-state index contributed by atoms with van der Waals surface area (Å²) in [5.74, 6) is -0.281. The number of hydrogen-bond acceptors (Lipinski definition) is 4. The van der Waals surface area contributed by atoms with Gasteiger partial charge in [-0.05, 0) is 66.6 Å². The molecule has 1 saturated carbocycles. The molecule has 6 nitrogen and oxygen atoms in total. The third kappa shape index (κ3) is 4.51. The van der Waals surface area contributed by atoms with Gasteiger partial charge in [-0.1, -0.05) is 19.3 Å². The Kier molecular flexibility index (Phi) is 6.33. The lowest BCUT2D eigenvalue weighted by molar-refractivity contribution is 0.486. The molecule has 1 heterocycles. The topological polar surface area (TPSA) is 80.2 Å². The van der Waals surface area contributed by atoms with Crippen LogP contribution in [-0.2, 0) is 17.1 Å². The third-order valence-electron chi connectivity index (χ3n) is 5.02. The Morgan fingerprint density at radius 3 is 2.46 bits per heavy atom. The minimum absolute atomic E-state index is 0.164. The number of rotatable bonds is 5. The number of benzene rings is 1. The summed E-state index contributed by atoms with van der Waals surface area (Å²) in [6.45, 7) is 1.62. The van der Waals surface area contributed by atoms with Gasteiger partial charge in [-0.3, -0.25) is 14.1 Å². The zero-order valence-corrected chi connectivity index (χ0v) is 18.7. The molecule has 0 unspecified atom stereocenters. The monoisotopic (exact) mass is 519 g/mol. The molecule has 0 bridgehead atoms. The first-order valence-corrected chi connectivity index (χ1v) is 11.8. The van der Waals surface area contributed by atoms with Crippen LogP contribution in [0, 0.1) is 16.3 Å². The predicted octanol–water partition coefficient (Wildman–Crippen LogP) is 4.26. The number of hydrogen-bond donors (Lipinski definition) is 2. The van der Waals surface area contributed by atoms with Gasteiger partial charge in [0.1, 0.15) is 11.6 Å². The normalized spacial score (nSPS) is 15.4. The number of aromatic nitrogens is 1. The van der Waals surface area contributed by atoms with Gasteiger partial charge in [0.2, 0.25) is 10.0 Å². The molecule has 28 heavy (non-hydrogen) atoms. The molecular weight excluding hydrogens is 496 g/mol. The largest absolute Gasteiger partial charge is 0.337 e. The molecule has 152 valence electrons. The van der Waals surface area contributed by atoms with E-state index >= 15 is 0 Å². The molecule has 0 aliphatic heterocycles. The first-order chi connectivity index (χ1) is 13.2. The fourth-order valence-corrected chi connectivity index (χ4v) is 5.49. The maximum atomic E-state index is 14.3. The smallest absolute Gasteiger partial charge is 0.254 e. The van der Waals surface area contributed by atoms with Crippen LogP contribution >= 0.6 is 22.6 Å². The molecule has 1 aliphatic rings. The quantitative estimate of drug-likeness (QED) is 0.579. The van der Waals surface area contributed by atoms with Crippen molar-refractivity contribution in [3.63, 3.8) is 0 Å². The molecule has 2 aromatic rings. The number of halogens is 2. The summed E-state index contributed by atoms with van der Waals surface area (Å²) in [7, 11) is -2.09. The van der Waals surface area contributed by atoms with Gasteiger partial charge in [-0.15, -0.1) is 0 Å². The van der Waals surface area contributed by atoms with Crippen LogP contribution in [0.15, 0.2) is 29.1 Å². The van der Waals surface area contributed by atoms with E-state index < -0.39 is 21.1 Å². The van der Waals surface area contributed by atoms with Gasteiger partial charge in [-0.25, -0.2) is 12.8 Å². The van der Waals surface area contributed by atoms with E-state index in [9.17, 15) is 17.6 Å². The van der Waals surface area contributed by atoms with E-state index in [0.29, 0.717) is 18.4 Å². The van der Waals surface area contributed by atoms with Crippen LogP contribution in [0.1, 0.15) is 37.7 Å². The molecule has 0 atom stereocenters. The Balaban J connectivity index is 2.02. The average Bonchev–Trinajstić information content (AvgIpc) is 2.65. The van der Waals surface area contributed by atoms with Crippen LogP contribution in [-0.4, -0.2) is 18.2 Å². The molecule has 0 spiro atoms. The lowest BCUT2D eigenvalue weighted by atomic mass is 10.0. The predicted molar refractivity (Wildman–Crippen MR) is 118 cm³/mol. The SMILES string of the molecule is Cc1cc(NS(=O)(=O)C2CCCCC2)c(Nc2ccc(I)cc2F)n(C)c1=O. The van der Waals surface area contributed by atoms with Gasteiger partial charge in [0.25, 0.3) is 5.56 Å². The highest BCUT2D eigenvalue weighted by atomic mass is 127. The Morgan fingerprint density at radius 2 is 1.82 bits per heavy atom. The van der Waals surface area contributed by atoms with E-state index in [1.165, 1.54) is 23.7 Å². The molecule has 0 saturated heterocycles. The summed E-state index contributed by atoms with van der Waals surface area (Å²) in [5.41, 5.74) is 0.520. The number of anilines is 3. The molecule has 1 aliphatic carbocycles. The second-order valence-corrected chi connectivity index (χ2v) is 10.3. The summed E-state index contributed by atoms with van der Waals surface area (Å²) in [6, 6.07) is 6.14. The van der Waals surface area contributed by atoms with Crippen molar-refractivity contribution in [3.05, 3.63) is 49.6 Å². The van der Waals surface area contributed by atoms with Crippen molar-refractivity contribution < 1.29 is 12.8 Å². The van der Waals surface area contributed by atoms with Crippen molar-refractivity contribution in [2.75, 3.05) is 10.0 Å². The number of sulfonamides is 1. The summed E-state index contributed by atoms with van der Waals surface area (Å²) < 4.78 is 44.7. The van der Waals surface area contributed by atoms with E-state index in [4.69, 9.17) is 0 Å². The molecule has 1 fully saturated rings. The Morgan fingerprint density at radius 1 is 1.14 bits per heavy atom. The summed E-state index contributed by atoms with van der Waals surface area (Å²) in [4.78, 5) is 12.4. The van der Waals surface area contributed by atoms with E-state index in [2.05, 4.69) is 10.0 Å². The van der Waals surface area contributed by atoms with Crippen molar-refractivity contribution >= 4 is 49.8 Å². The fourth-order valence-electron chi connectivity index (χ4n) is 3.45. The lowest BCUT2D eigenvalue weighted by Gasteiger charge is -2.24. The van der Waals surface area contributed by atoms with E-state index in [0.717, 1.165) is 22.8 Å². The van der Waals surface area contributed by atoms with Crippen molar-refractivity contribution in [2.45, 2.75) is 44.3 Å². The average molecular weight is 519 g/mol. The Bertz CT molecular complexity index is 1050. The number of nitrogens with one attached hydrogen (secondary N) is 2. The van der Waals surface area contributed by atoms with Crippen molar-refractivity contribution in [1.82, 2.24) is 4.57 Å². The van der Waals surface area contributed by atoms with Crippen molar-refractivity contribution in [3.8, 4) is 0 Å².